The van der Waals surface area contributed by atoms with E-state index in [-0.39, 0.29) is 18.2 Å². The van der Waals surface area contributed by atoms with Crippen LogP contribution in [-0.4, -0.2) is 32.0 Å². The molecule has 2 aromatic carbocycles. The van der Waals surface area contributed by atoms with Crippen LogP contribution in [0.2, 0.25) is 0 Å². The number of nitrogens with zero attached hydrogens (tertiary/aromatic N) is 1. The Morgan fingerprint density at radius 2 is 1.90 bits per heavy atom. The monoisotopic (exact) mass is 423 g/mol. The minimum Gasteiger partial charge on any atom is -0.495 e. The van der Waals surface area contributed by atoms with Gasteiger partial charge >= 0.3 is 5.63 Å². The molecule has 0 fully saturated rings. The molecule has 0 aliphatic rings. The summed E-state index contributed by atoms with van der Waals surface area (Å²) in [5.41, 5.74) is 1.45. The van der Waals surface area contributed by atoms with Crippen LogP contribution in [0, 0.1) is 0 Å². The fourth-order valence-electron chi connectivity index (χ4n) is 3.08. The van der Waals surface area contributed by atoms with Gasteiger partial charge in [-0.05, 0) is 37.3 Å². The third-order valence-electron chi connectivity index (χ3n) is 4.90. The van der Waals surface area contributed by atoms with Crippen molar-refractivity contribution in [3.63, 3.8) is 0 Å². The fourth-order valence-corrected chi connectivity index (χ4v) is 3.08. The number of carbonyl (C=O) groups is 2. The van der Waals surface area contributed by atoms with Crippen LogP contribution in [-0.2, 0) is 9.59 Å². The Labute approximate surface area is 179 Å². The third-order valence-corrected chi connectivity index (χ3v) is 4.90. The lowest BCUT2D eigenvalue weighted by atomic mass is 10.2. The van der Waals surface area contributed by atoms with E-state index in [1.165, 1.54) is 7.11 Å². The average molecular weight is 423 g/mol. The first-order valence-electron chi connectivity index (χ1n) is 9.89. The van der Waals surface area contributed by atoms with E-state index < -0.39 is 11.7 Å². The maximum atomic E-state index is 12.5. The van der Waals surface area contributed by atoms with Crippen LogP contribution in [0.25, 0.3) is 11.0 Å². The summed E-state index contributed by atoms with van der Waals surface area (Å²) in [7, 11) is 3.23. The van der Waals surface area contributed by atoms with E-state index >= 15 is 0 Å². The van der Waals surface area contributed by atoms with Crippen molar-refractivity contribution in [2.75, 3.05) is 24.4 Å². The predicted octanol–water partition coefficient (Wildman–Crippen LogP) is 3.42. The van der Waals surface area contributed by atoms with Gasteiger partial charge in [-0.15, -0.1) is 0 Å². The molecule has 3 aromatic rings. The van der Waals surface area contributed by atoms with Crippen molar-refractivity contribution in [2.24, 2.45) is 0 Å². The van der Waals surface area contributed by atoms with Gasteiger partial charge in [0.05, 0.1) is 12.8 Å². The summed E-state index contributed by atoms with van der Waals surface area (Å²) in [4.78, 5) is 38.3. The van der Waals surface area contributed by atoms with Crippen molar-refractivity contribution in [2.45, 2.75) is 26.3 Å². The highest BCUT2D eigenvalue weighted by atomic mass is 16.5. The van der Waals surface area contributed by atoms with Crippen molar-refractivity contribution in [1.29, 1.82) is 0 Å². The number of methoxy groups -OCH3 is 1. The Morgan fingerprint density at radius 3 is 2.61 bits per heavy atom. The summed E-state index contributed by atoms with van der Waals surface area (Å²) in [6.45, 7) is 3.32. The van der Waals surface area contributed by atoms with Crippen molar-refractivity contribution in [3.05, 3.63) is 59.0 Å². The summed E-state index contributed by atoms with van der Waals surface area (Å²) in [5, 5.41) is 6.19. The molecule has 2 N–H and O–H groups in total. The van der Waals surface area contributed by atoms with Crippen LogP contribution in [0.4, 0.5) is 17.1 Å². The van der Waals surface area contributed by atoms with Crippen molar-refractivity contribution >= 4 is 39.8 Å². The van der Waals surface area contributed by atoms with Gasteiger partial charge in [0.25, 0.3) is 0 Å². The van der Waals surface area contributed by atoms with E-state index in [1.54, 1.807) is 62.2 Å². The number of hydrogen-bond acceptors (Lipinski definition) is 6. The van der Waals surface area contributed by atoms with Gasteiger partial charge in [-0.1, -0.05) is 25.1 Å². The van der Waals surface area contributed by atoms with Gasteiger partial charge in [-0.25, -0.2) is 4.79 Å². The van der Waals surface area contributed by atoms with Gasteiger partial charge in [-0.3, -0.25) is 9.59 Å². The first-order chi connectivity index (χ1) is 14.8. The third kappa shape index (κ3) is 4.85. The molecule has 31 heavy (non-hydrogen) atoms. The predicted molar refractivity (Wildman–Crippen MR) is 120 cm³/mol. The lowest BCUT2D eigenvalue weighted by Gasteiger charge is -2.21. The van der Waals surface area contributed by atoms with Crippen molar-refractivity contribution in [1.82, 2.24) is 5.32 Å². The standard InChI is InChI=1S/C23H25N3O5/c1-5-21(27)24-14(2)22(28)25-17-13-16(10-11-20(17)30-4)26(3)18-12-15-8-6-7-9-19(15)31-23(18)29/h6-14H,5H2,1-4H3,(H,24,27)(H,25,28)/t14-/m0/s1. The zero-order chi connectivity index (χ0) is 22.5. The molecule has 0 aliphatic carbocycles. The molecule has 0 bridgehead atoms. The molecule has 2 amide bonds. The number of hydrogen-bond donors (Lipinski definition) is 2. The number of benzene rings is 2. The Kier molecular flexibility index (Phi) is 6.59. The smallest absolute Gasteiger partial charge is 0.360 e. The highest BCUT2D eigenvalue weighted by Crippen LogP contribution is 2.32. The summed E-state index contributed by atoms with van der Waals surface area (Å²) in [6.07, 6.45) is 0.287. The number of nitrogens with one attached hydrogen (secondary N) is 2. The lowest BCUT2D eigenvalue weighted by molar-refractivity contribution is -0.125. The molecule has 8 heteroatoms. The maximum Gasteiger partial charge on any atom is 0.360 e. The Morgan fingerprint density at radius 1 is 1.16 bits per heavy atom. The molecular weight excluding hydrogens is 398 g/mol. The fraction of sp³-hybridized carbons (Fsp3) is 0.261. The minimum atomic E-state index is -0.717. The van der Waals surface area contributed by atoms with E-state index in [0.717, 1.165) is 5.39 Å². The van der Waals surface area contributed by atoms with Gasteiger partial charge in [0, 0.05) is 24.5 Å². The number of amides is 2. The Bertz CT molecular complexity index is 1170. The van der Waals surface area contributed by atoms with E-state index in [0.29, 0.717) is 28.4 Å². The van der Waals surface area contributed by atoms with Crippen LogP contribution in [0.15, 0.2) is 57.7 Å². The zero-order valence-corrected chi connectivity index (χ0v) is 17.9. The number of ether oxygens (including phenoxy) is 1. The maximum absolute atomic E-state index is 12.5. The van der Waals surface area contributed by atoms with Crippen molar-refractivity contribution < 1.29 is 18.7 Å². The largest absolute Gasteiger partial charge is 0.495 e. The zero-order valence-electron chi connectivity index (χ0n) is 17.9. The topological polar surface area (TPSA) is 101 Å². The van der Waals surface area contributed by atoms with Crippen LogP contribution in [0.3, 0.4) is 0 Å². The van der Waals surface area contributed by atoms with Gasteiger partial charge in [0.2, 0.25) is 11.8 Å². The molecule has 0 saturated heterocycles. The van der Waals surface area contributed by atoms with Crippen LogP contribution in [0.5, 0.6) is 5.75 Å². The van der Waals surface area contributed by atoms with Gasteiger partial charge in [-0.2, -0.15) is 0 Å². The highest BCUT2D eigenvalue weighted by molar-refractivity contribution is 5.98. The molecular formula is C23H25N3O5. The summed E-state index contributed by atoms with van der Waals surface area (Å²) in [5.74, 6) is -0.152. The van der Waals surface area contributed by atoms with Gasteiger partial charge in [0.1, 0.15) is 23.1 Å². The highest BCUT2D eigenvalue weighted by Gasteiger charge is 2.18. The molecule has 1 heterocycles. The normalized spacial score (nSPS) is 11.6. The van der Waals surface area contributed by atoms with Gasteiger partial charge < -0.3 is 24.7 Å². The molecule has 3 rings (SSSR count). The first-order valence-corrected chi connectivity index (χ1v) is 9.89. The molecule has 0 spiro atoms. The molecule has 1 aromatic heterocycles. The number of para-hydroxylation sites is 1. The SMILES string of the molecule is CCC(=O)N[C@@H](C)C(=O)Nc1cc(N(C)c2cc3ccccc3oc2=O)ccc1OC. The van der Waals surface area contributed by atoms with E-state index in [9.17, 15) is 14.4 Å². The molecule has 0 aliphatic heterocycles. The molecule has 8 nitrogen and oxygen atoms in total. The minimum absolute atomic E-state index is 0.217. The number of rotatable bonds is 7. The lowest BCUT2D eigenvalue weighted by Crippen LogP contribution is -2.41. The van der Waals surface area contributed by atoms with Crippen molar-refractivity contribution in [3.8, 4) is 5.75 Å². The van der Waals surface area contributed by atoms with E-state index in [1.807, 2.05) is 12.1 Å². The van der Waals surface area contributed by atoms with E-state index in [2.05, 4.69) is 10.6 Å². The van der Waals surface area contributed by atoms with Crippen LogP contribution >= 0.6 is 0 Å². The van der Waals surface area contributed by atoms with Crippen LogP contribution < -0.4 is 25.9 Å². The summed E-state index contributed by atoms with van der Waals surface area (Å²) >= 11 is 0. The first kappa shape index (κ1) is 21.9. The molecule has 0 radical (unpaired) electrons. The molecule has 1 atom stereocenters. The second-order valence-corrected chi connectivity index (χ2v) is 7.03. The summed E-state index contributed by atoms with van der Waals surface area (Å²) in [6, 6.07) is 13.5. The van der Waals surface area contributed by atoms with Crippen LogP contribution in [0.1, 0.15) is 20.3 Å². The quantitative estimate of drug-likeness (QED) is 0.565. The van der Waals surface area contributed by atoms with Gasteiger partial charge in [0.15, 0.2) is 0 Å². The second kappa shape index (κ2) is 9.34. The van der Waals surface area contributed by atoms with E-state index in [4.69, 9.17) is 9.15 Å². The molecule has 0 saturated carbocycles. The average Bonchev–Trinajstić information content (AvgIpc) is 2.77. The Balaban J connectivity index is 1.91. The second-order valence-electron chi connectivity index (χ2n) is 7.03. The Hall–Kier alpha value is -3.81. The number of anilines is 3. The number of carbonyl (C=O) groups excluding carboxylic acids is 2. The molecule has 162 valence electrons. The number of fused-ring (bicyclic) bond motifs is 1. The molecule has 0 unspecified atom stereocenters. The summed E-state index contributed by atoms with van der Waals surface area (Å²) < 4.78 is 10.8.